The first-order chi connectivity index (χ1) is 12.5. The highest BCUT2D eigenvalue weighted by Crippen LogP contribution is 2.32. The van der Waals surface area contributed by atoms with Crippen molar-refractivity contribution in [1.29, 1.82) is 0 Å². The van der Waals surface area contributed by atoms with E-state index in [2.05, 4.69) is 4.98 Å². The number of nitrogens with zero attached hydrogens (tertiary/aromatic N) is 1. The number of fused-ring (bicyclic) bond motifs is 1. The van der Waals surface area contributed by atoms with Gasteiger partial charge < -0.3 is 19.2 Å². The highest BCUT2D eigenvalue weighted by atomic mass is 16.6. The lowest BCUT2D eigenvalue weighted by molar-refractivity contribution is -0.515. The molecule has 1 aromatic heterocycles. The van der Waals surface area contributed by atoms with E-state index < -0.39 is 22.9 Å². The van der Waals surface area contributed by atoms with E-state index in [4.69, 9.17) is 14.2 Å². The minimum atomic E-state index is -1.55. The lowest BCUT2D eigenvalue weighted by Crippen LogP contribution is -2.39. The van der Waals surface area contributed by atoms with Gasteiger partial charge in [0.1, 0.15) is 5.75 Å². The summed E-state index contributed by atoms with van der Waals surface area (Å²) in [4.78, 5) is 26.2. The number of benzene rings is 1. The smallest absolute Gasteiger partial charge is 0.382 e. The lowest BCUT2D eigenvalue weighted by Gasteiger charge is -2.19. The van der Waals surface area contributed by atoms with E-state index in [0.717, 1.165) is 17.3 Å². The summed E-state index contributed by atoms with van der Waals surface area (Å²) in [5, 5.41) is 12.3. The van der Waals surface area contributed by atoms with Crippen LogP contribution >= 0.6 is 0 Å². The van der Waals surface area contributed by atoms with Crippen molar-refractivity contribution < 1.29 is 23.9 Å². The molecular formula is C18H24N2O6. The molecule has 142 valence electrons. The van der Waals surface area contributed by atoms with Gasteiger partial charge in [-0.3, -0.25) is 10.1 Å². The molecule has 1 aromatic carbocycles. The maximum absolute atomic E-state index is 12.2. The number of hydrogen-bond acceptors (Lipinski definition) is 6. The summed E-state index contributed by atoms with van der Waals surface area (Å²) in [5.74, 6) is -0.985. The van der Waals surface area contributed by atoms with Gasteiger partial charge in [0.25, 0.3) is 0 Å². The maximum Gasteiger partial charge on any atom is 0.382 e. The standard InChI is InChI=1S/C18H24N2O6/c1-4-8-26-12-6-7-16-13(9-12)14(10-19-16)15(11-24-3)17(20(22)23)18(21)25-5-2/h6-7,9-10,15,17,19H,4-5,8,11H2,1-3H3. The number of esters is 1. The van der Waals surface area contributed by atoms with E-state index in [1.165, 1.54) is 7.11 Å². The van der Waals surface area contributed by atoms with Crippen molar-refractivity contribution in [2.24, 2.45) is 0 Å². The zero-order chi connectivity index (χ0) is 19.1. The third kappa shape index (κ3) is 4.32. The molecule has 0 aliphatic carbocycles. The van der Waals surface area contributed by atoms with E-state index in [1.54, 1.807) is 13.1 Å². The van der Waals surface area contributed by atoms with Crippen molar-refractivity contribution in [2.45, 2.75) is 32.2 Å². The van der Waals surface area contributed by atoms with Crippen molar-refractivity contribution >= 4 is 16.9 Å². The number of carbonyl (C=O) groups excluding carboxylic acids is 1. The number of aromatic nitrogens is 1. The Balaban J connectivity index is 2.47. The molecule has 0 spiro atoms. The molecule has 0 aliphatic rings. The monoisotopic (exact) mass is 364 g/mol. The number of aromatic amines is 1. The van der Waals surface area contributed by atoms with Gasteiger partial charge in [-0.1, -0.05) is 6.92 Å². The highest BCUT2D eigenvalue weighted by Gasteiger charge is 2.42. The molecule has 0 aliphatic heterocycles. The summed E-state index contributed by atoms with van der Waals surface area (Å²) < 4.78 is 15.7. The molecule has 0 saturated carbocycles. The molecule has 2 atom stereocenters. The minimum Gasteiger partial charge on any atom is -0.494 e. The zero-order valence-corrected chi connectivity index (χ0v) is 15.2. The van der Waals surface area contributed by atoms with Gasteiger partial charge >= 0.3 is 12.0 Å². The van der Waals surface area contributed by atoms with Gasteiger partial charge in [-0.15, -0.1) is 0 Å². The molecule has 2 rings (SSSR count). The average Bonchev–Trinajstić information content (AvgIpc) is 3.02. The predicted molar refractivity (Wildman–Crippen MR) is 96.1 cm³/mol. The summed E-state index contributed by atoms with van der Waals surface area (Å²) in [5.41, 5.74) is 1.43. The highest BCUT2D eigenvalue weighted by molar-refractivity contribution is 5.86. The van der Waals surface area contributed by atoms with Crippen LogP contribution in [-0.4, -0.2) is 48.8 Å². The van der Waals surface area contributed by atoms with E-state index in [1.807, 2.05) is 25.1 Å². The second-order valence-corrected chi connectivity index (χ2v) is 5.84. The Morgan fingerprint density at radius 3 is 2.73 bits per heavy atom. The molecule has 2 aromatic rings. The predicted octanol–water partition coefficient (Wildman–Crippen LogP) is 2.90. The number of nitro groups is 1. The molecule has 8 nitrogen and oxygen atoms in total. The Labute approximate surface area is 151 Å². The van der Waals surface area contributed by atoms with Crippen molar-refractivity contribution in [2.75, 3.05) is 26.9 Å². The Morgan fingerprint density at radius 2 is 2.12 bits per heavy atom. The molecule has 0 fully saturated rings. The first-order valence-electron chi connectivity index (χ1n) is 8.56. The average molecular weight is 364 g/mol. The molecule has 26 heavy (non-hydrogen) atoms. The molecule has 0 bridgehead atoms. The Kier molecular flexibility index (Phi) is 6.97. The summed E-state index contributed by atoms with van der Waals surface area (Å²) in [6.45, 7) is 4.29. The van der Waals surface area contributed by atoms with Gasteiger partial charge in [0.2, 0.25) is 0 Å². The summed E-state index contributed by atoms with van der Waals surface area (Å²) in [7, 11) is 1.44. The van der Waals surface area contributed by atoms with Crippen LogP contribution in [0.2, 0.25) is 0 Å². The molecular weight excluding hydrogens is 340 g/mol. The van der Waals surface area contributed by atoms with Crippen molar-refractivity contribution in [3.8, 4) is 5.75 Å². The zero-order valence-electron chi connectivity index (χ0n) is 15.2. The largest absolute Gasteiger partial charge is 0.494 e. The Morgan fingerprint density at radius 1 is 1.35 bits per heavy atom. The Bertz CT molecular complexity index is 757. The topological polar surface area (TPSA) is 104 Å². The van der Waals surface area contributed by atoms with E-state index in [9.17, 15) is 14.9 Å². The summed E-state index contributed by atoms with van der Waals surface area (Å²) >= 11 is 0. The maximum atomic E-state index is 12.2. The van der Waals surface area contributed by atoms with E-state index in [-0.39, 0.29) is 13.2 Å². The van der Waals surface area contributed by atoms with Crippen LogP contribution in [0.3, 0.4) is 0 Å². The second-order valence-electron chi connectivity index (χ2n) is 5.84. The van der Waals surface area contributed by atoms with Crippen LogP contribution in [0.15, 0.2) is 24.4 Å². The van der Waals surface area contributed by atoms with Crippen LogP contribution in [0.25, 0.3) is 10.9 Å². The third-order valence-electron chi connectivity index (χ3n) is 4.04. The number of H-pyrrole nitrogens is 1. The molecule has 0 amide bonds. The van der Waals surface area contributed by atoms with Gasteiger partial charge in [0.05, 0.1) is 25.7 Å². The van der Waals surface area contributed by atoms with Crippen LogP contribution in [0.4, 0.5) is 0 Å². The number of hydrogen-bond donors (Lipinski definition) is 1. The first kappa shape index (κ1) is 19.7. The summed E-state index contributed by atoms with van der Waals surface area (Å²) in [6.07, 6.45) is 2.55. The van der Waals surface area contributed by atoms with E-state index in [0.29, 0.717) is 17.9 Å². The van der Waals surface area contributed by atoms with Crippen LogP contribution in [0.5, 0.6) is 5.75 Å². The van der Waals surface area contributed by atoms with Gasteiger partial charge in [0.15, 0.2) is 0 Å². The Hall–Kier alpha value is -2.61. The van der Waals surface area contributed by atoms with Gasteiger partial charge in [-0.25, -0.2) is 4.79 Å². The van der Waals surface area contributed by atoms with Crippen LogP contribution in [0.1, 0.15) is 31.7 Å². The quantitative estimate of drug-likeness (QED) is 0.395. The normalized spacial score (nSPS) is 13.3. The molecule has 1 heterocycles. The minimum absolute atomic E-state index is 0.0114. The van der Waals surface area contributed by atoms with Crippen LogP contribution in [-0.2, 0) is 14.3 Å². The molecule has 8 heteroatoms. The number of rotatable bonds is 10. The fourth-order valence-electron chi connectivity index (χ4n) is 2.89. The second kappa shape index (κ2) is 9.19. The van der Waals surface area contributed by atoms with Gasteiger partial charge in [-0.05, 0) is 37.1 Å². The lowest BCUT2D eigenvalue weighted by atomic mass is 9.92. The van der Waals surface area contributed by atoms with Crippen LogP contribution < -0.4 is 4.74 Å². The van der Waals surface area contributed by atoms with Crippen molar-refractivity contribution in [1.82, 2.24) is 4.98 Å². The number of ether oxygens (including phenoxy) is 3. The molecule has 1 N–H and O–H groups in total. The SMILES string of the molecule is CCCOc1ccc2[nH]cc(C(COC)C(C(=O)OCC)[N+](=O)[O-])c2c1. The number of methoxy groups -OCH3 is 1. The summed E-state index contributed by atoms with van der Waals surface area (Å²) in [6, 6.07) is 3.95. The van der Waals surface area contributed by atoms with Crippen molar-refractivity contribution in [3.05, 3.63) is 40.1 Å². The van der Waals surface area contributed by atoms with E-state index >= 15 is 0 Å². The number of carbonyl (C=O) groups is 1. The van der Waals surface area contributed by atoms with Crippen LogP contribution in [0, 0.1) is 10.1 Å². The number of nitrogens with one attached hydrogen (secondary N) is 1. The third-order valence-corrected chi connectivity index (χ3v) is 4.04. The van der Waals surface area contributed by atoms with Gasteiger partial charge in [0, 0.05) is 29.1 Å². The first-order valence-corrected chi connectivity index (χ1v) is 8.56. The molecule has 2 unspecified atom stereocenters. The fraction of sp³-hybridized carbons (Fsp3) is 0.500. The van der Waals surface area contributed by atoms with Gasteiger partial charge in [-0.2, -0.15) is 0 Å². The van der Waals surface area contributed by atoms with Crippen molar-refractivity contribution in [3.63, 3.8) is 0 Å². The molecule has 0 saturated heterocycles. The molecule has 0 radical (unpaired) electrons. The fourth-order valence-corrected chi connectivity index (χ4v) is 2.89.